The van der Waals surface area contributed by atoms with Gasteiger partial charge in [0, 0.05) is 6.54 Å². The van der Waals surface area contributed by atoms with Gasteiger partial charge >= 0.3 is 0 Å². The highest BCUT2D eigenvalue weighted by Crippen LogP contribution is 2.37. The van der Waals surface area contributed by atoms with Crippen LogP contribution in [0, 0.1) is 11.8 Å². The van der Waals surface area contributed by atoms with Crippen molar-refractivity contribution >= 4 is 17.3 Å². The van der Waals surface area contributed by atoms with Crippen molar-refractivity contribution in [2.45, 2.75) is 13.3 Å². The normalized spacial score (nSPS) is 25.7. The number of nitrogens with one attached hydrogen (secondary N) is 1. The second-order valence-corrected chi connectivity index (χ2v) is 4.24. The van der Waals surface area contributed by atoms with Gasteiger partial charge in [-0.1, -0.05) is 30.7 Å². The van der Waals surface area contributed by atoms with Crippen molar-refractivity contribution < 1.29 is 0 Å². The fourth-order valence-corrected chi connectivity index (χ4v) is 1.73. The van der Waals surface area contributed by atoms with E-state index in [1.54, 1.807) is 0 Å². The maximum Gasteiger partial charge on any atom is 0.0637 e. The van der Waals surface area contributed by atoms with Gasteiger partial charge in [-0.05, 0) is 30.4 Å². The summed E-state index contributed by atoms with van der Waals surface area (Å²) in [6.07, 6.45) is 1.36. The quantitative estimate of drug-likeness (QED) is 0.780. The molecular weight excluding hydrogens is 182 g/mol. The molecule has 13 heavy (non-hydrogen) atoms. The molecule has 1 saturated carbocycles. The Hall–Kier alpha value is -0.690. The monoisotopic (exact) mass is 195 g/mol. The Morgan fingerprint density at radius 1 is 1.46 bits per heavy atom. The predicted octanol–water partition coefficient (Wildman–Crippen LogP) is 3.41. The minimum atomic E-state index is 0.816. The maximum atomic E-state index is 6.00. The molecule has 0 saturated heterocycles. The van der Waals surface area contributed by atoms with Crippen LogP contribution in [0.25, 0.3) is 0 Å². The Bertz CT molecular complexity index is 298. The summed E-state index contributed by atoms with van der Waals surface area (Å²) in [7, 11) is 0. The molecule has 2 heteroatoms. The molecule has 0 bridgehead atoms. The van der Waals surface area contributed by atoms with Crippen LogP contribution in [-0.2, 0) is 0 Å². The Morgan fingerprint density at radius 2 is 2.15 bits per heavy atom. The predicted molar refractivity (Wildman–Crippen MR) is 57.2 cm³/mol. The van der Waals surface area contributed by atoms with Crippen LogP contribution in [0.2, 0.25) is 5.02 Å². The molecule has 1 fully saturated rings. The molecule has 2 rings (SSSR count). The Kier molecular flexibility index (Phi) is 2.45. The third-order valence-electron chi connectivity index (χ3n) is 2.70. The molecule has 1 aromatic rings. The van der Waals surface area contributed by atoms with Gasteiger partial charge in [0.05, 0.1) is 10.7 Å². The number of hydrogen-bond acceptors (Lipinski definition) is 1. The average molecular weight is 196 g/mol. The maximum absolute atomic E-state index is 6.00. The lowest BCUT2D eigenvalue weighted by atomic mass is 10.3. The molecule has 0 aromatic heterocycles. The molecule has 0 heterocycles. The van der Waals surface area contributed by atoms with Gasteiger partial charge in [-0.25, -0.2) is 0 Å². The number of anilines is 1. The molecule has 0 spiro atoms. The van der Waals surface area contributed by atoms with Crippen molar-refractivity contribution in [1.82, 2.24) is 0 Å². The molecular formula is C11H14ClN. The van der Waals surface area contributed by atoms with E-state index < -0.39 is 0 Å². The number of benzene rings is 1. The molecule has 1 aliphatic rings. The van der Waals surface area contributed by atoms with Crippen LogP contribution in [0.1, 0.15) is 13.3 Å². The lowest BCUT2D eigenvalue weighted by Crippen LogP contribution is -2.04. The summed E-state index contributed by atoms with van der Waals surface area (Å²) < 4.78 is 0. The molecule has 1 nitrogen and oxygen atoms in total. The lowest BCUT2D eigenvalue weighted by Gasteiger charge is -2.06. The van der Waals surface area contributed by atoms with Crippen LogP contribution >= 0.6 is 11.6 Å². The summed E-state index contributed by atoms with van der Waals surface area (Å²) in [6, 6.07) is 7.90. The number of para-hydroxylation sites is 1. The van der Waals surface area contributed by atoms with E-state index >= 15 is 0 Å². The molecule has 0 radical (unpaired) electrons. The molecule has 1 aromatic carbocycles. The molecule has 2 atom stereocenters. The van der Waals surface area contributed by atoms with Gasteiger partial charge in [-0.3, -0.25) is 0 Å². The van der Waals surface area contributed by atoms with Gasteiger partial charge in [-0.2, -0.15) is 0 Å². The van der Waals surface area contributed by atoms with Crippen LogP contribution in [0.15, 0.2) is 24.3 Å². The van der Waals surface area contributed by atoms with E-state index in [9.17, 15) is 0 Å². The van der Waals surface area contributed by atoms with Crippen LogP contribution in [0.4, 0.5) is 5.69 Å². The van der Waals surface area contributed by atoms with Crippen LogP contribution < -0.4 is 5.32 Å². The molecule has 1 N–H and O–H groups in total. The smallest absolute Gasteiger partial charge is 0.0637 e. The highest BCUT2D eigenvalue weighted by molar-refractivity contribution is 6.33. The Balaban J connectivity index is 1.90. The Labute approximate surface area is 84.1 Å². The molecule has 0 amide bonds. The van der Waals surface area contributed by atoms with Crippen LogP contribution in [0.3, 0.4) is 0 Å². The Morgan fingerprint density at radius 3 is 2.77 bits per heavy atom. The summed E-state index contributed by atoms with van der Waals surface area (Å²) in [6.45, 7) is 3.35. The van der Waals surface area contributed by atoms with Crippen molar-refractivity contribution in [3.05, 3.63) is 29.3 Å². The number of rotatable bonds is 3. The summed E-state index contributed by atoms with van der Waals surface area (Å²) in [5.41, 5.74) is 1.06. The second-order valence-electron chi connectivity index (χ2n) is 3.83. The van der Waals surface area contributed by atoms with Gasteiger partial charge < -0.3 is 5.32 Å². The van der Waals surface area contributed by atoms with Crippen molar-refractivity contribution in [3.8, 4) is 0 Å². The minimum Gasteiger partial charge on any atom is -0.384 e. The van der Waals surface area contributed by atoms with E-state index in [0.29, 0.717) is 0 Å². The first-order valence-corrected chi connectivity index (χ1v) is 5.13. The molecule has 2 unspecified atom stereocenters. The van der Waals surface area contributed by atoms with E-state index in [0.717, 1.165) is 29.1 Å². The molecule has 70 valence electrons. The summed E-state index contributed by atoms with van der Waals surface area (Å²) in [5, 5.41) is 4.19. The highest BCUT2D eigenvalue weighted by Gasteiger charge is 2.31. The third-order valence-corrected chi connectivity index (χ3v) is 3.03. The highest BCUT2D eigenvalue weighted by atomic mass is 35.5. The average Bonchev–Trinajstić information content (AvgIpc) is 2.81. The number of halogens is 1. The summed E-state index contributed by atoms with van der Waals surface area (Å²) in [4.78, 5) is 0. The second kappa shape index (κ2) is 3.59. The zero-order chi connectivity index (χ0) is 9.26. The van der Waals surface area contributed by atoms with Crippen molar-refractivity contribution in [2.75, 3.05) is 11.9 Å². The van der Waals surface area contributed by atoms with E-state index in [4.69, 9.17) is 11.6 Å². The SMILES string of the molecule is CC1CC1CNc1ccccc1Cl. The molecule has 0 aliphatic heterocycles. The zero-order valence-electron chi connectivity index (χ0n) is 7.76. The van der Waals surface area contributed by atoms with Crippen molar-refractivity contribution in [3.63, 3.8) is 0 Å². The first-order chi connectivity index (χ1) is 6.27. The first kappa shape index (κ1) is 8.89. The van der Waals surface area contributed by atoms with Gasteiger partial charge in [-0.15, -0.1) is 0 Å². The lowest BCUT2D eigenvalue weighted by molar-refractivity contribution is 0.787. The van der Waals surface area contributed by atoms with Gasteiger partial charge in [0.15, 0.2) is 0 Å². The summed E-state index contributed by atoms with van der Waals surface area (Å²) in [5.74, 6) is 1.76. The largest absolute Gasteiger partial charge is 0.384 e. The fraction of sp³-hybridized carbons (Fsp3) is 0.455. The first-order valence-electron chi connectivity index (χ1n) is 4.76. The zero-order valence-corrected chi connectivity index (χ0v) is 8.51. The van der Waals surface area contributed by atoms with E-state index in [2.05, 4.69) is 12.2 Å². The third kappa shape index (κ3) is 2.16. The topological polar surface area (TPSA) is 12.0 Å². The fourth-order valence-electron chi connectivity index (χ4n) is 1.53. The molecule has 1 aliphatic carbocycles. The standard InChI is InChI=1S/C11H14ClN/c1-8-6-9(8)7-13-11-5-3-2-4-10(11)12/h2-5,8-9,13H,6-7H2,1H3. The number of hydrogen-bond donors (Lipinski definition) is 1. The van der Waals surface area contributed by atoms with Gasteiger partial charge in [0.1, 0.15) is 0 Å². The van der Waals surface area contributed by atoms with Gasteiger partial charge in [0.2, 0.25) is 0 Å². The van der Waals surface area contributed by atoms with E-state index in [1.165, 1.54) is 6.42 Å². The van der Waals surface area contributed by atoms with Crippen LogP contribution in [-0.4, -0.2) is 6.54 Å². The van der Waals surface area contributed by atoms with E-state index in [1.807, 2.05) is 24.3 Å². The van der Waals surface area contributed by atoms with Crippen LogP contribution in [0.5, 0.6) is 0 Å². The minimum absolute atomic E-state index is 0.816. The van der Waals surface area contributed by atoms with Crippen molar-refractivity contribution in [2.24, 2.45) is 11.8 Å². The van der Waals surface area contributed by atoms with E-state index in [-0.39, 0.29) is 0 Å². The van der Waals surface area contributed by atoms with Gasteiger partial charge in [0.25, 0.3) is 0 Å². The van der Waals surface area contributed by atoms with Crippen molar-refractivity contribution in [1.29, 1.82) is 0 Å². The summed E-state index contributed by atoms with van der Waals surface area (Å²) >= 11 is 6.00.